The quantitative estimate of drug-likeness (QED) is 0.694. The van der Waals surface area contributed by atoms with Crippen molar-refractivity contribution in [1.82, 2.24) is 0 Å². The molecule has 2 N–H and O–H groups in total. The second-order valence-corrected chi connectivity index (χ2v) is 29.9. The molecule has 0 saturated heterocycles. The Labute approximate surface area is 79.4 Å². The first kappa shape index (κ1) is 11.7. The van der Waals surface area contributed by atoms with Crippen molar-refractivity contribution in [3.8, 4) is 0 Å². The molecule has 0 aromatic heterocycles. The molecule has 0 bridgehead atoms. The molecule has 0 aliphatic rings. The molecule has 0 heterocycles. The van der Waals surface area contributed by atoms with E-state index < -0.39 is 25.7 Å². The zero-order chi connectivity index (χ0) is 9.07. The number of hydrogen-bond acceptors (Lipinski definition) is 2. The Morgan fingerprint density at radius 3 is 1.55 bits per heavy atom. The summed E-state index contributed by atoms with van der Waals surface area (Å²) in [5.74, 6) is -1.94. The normalized spacial score (nSPS) is 12.5. The molecule has 0 fully saturated rings. The Hall–Kier alpha value is 0.690. The average molecular weight is 405 g/mol. The number of halogens is 2. The molecule has 0 saturated carbocycles. The number of rotatable bonds is 4. The van der Waals surface area contributed by atoms with Crippen LogP contribution in [0.4, 0.5) is 0 Å². The summed E-state index contributed by atoms with van der Waals surface area (Å²) in [4.78, 5) is 20.4. The number of carbonyl (C=O) groups is 2. The monoisotopic (exact) mass is 406 g/mol. The molecular formula is C4H6Br2O4Te. The fourth-order valence-electron chi connectivity index (χ4n) is 0.412. The van der Waals surface area contributed by atoms with Crippen molar-refractivity contribution in [3.05, 3.63) is 0 Å². The Kier molecular flexibility index (Phi) is 4.94. The van der Waals surface area contributed by atoms with E-state index in [9.17, 15) is 9.59 Å². The van der Waals surface area contributed by atoms with Gasteiger partial charge in [0.2, 0.25) is 0 Å². The van der Waals surface area contributed by atoms with Crippen molar-refractivity contribution in [2.45, 2.75) is 8.94 Å². The molecule has 0 radical (unpaired) electrons. The van der Waals surface area contributed by atoms with E-state index in [0.29, 0.717) is 0 Å². The van der Waals surface area contributed by atoms with Crippen molar-refractivity contribution < 1.29 is 19.8 Å². The maximum absolute atomic E-state index is 10.2. The van der Waals surface area contributed by atoms with E-state index in [2.05, 4.69) is 25.5 Å². The van der Waals surface area contributed by atoms with Crippen LogP contribution in [-0.2, 0) is 9.59 Å². The van der Waals surface area contributed by atoms with Crippen LogP contribution >= 0.6 is 25.5 Å². The van der Waals surface area contributed by atoms with E-state index in [1.165, 1.54) is 0 Å². The Bertz CT molecular complexity index is 163. The van der Waals surface area contributed by atoms with Gasteiger partial charge in [0, 0.05) is 0 Å². The first-order chi connectivity index (χ1) is 4.83. The topological polar surface area (TPSA) is 74.6 Å². The maximum atomic E-state index is 10.2. The van der Waals surface area contributed by atoms with Gasteiger partial charge in [-0.15, -0.1) is 0 Å². The summed E-state index contributed by atoms with van der Waals surface area (Å²) in [5.41, 5.74) is 0. The van der Waals surface area contributed by atoms with Crippen LogP contribution < -0.4 is 0 Å². The van der Waals surface area contributed by atoms with Gasteiger partial charge in [0.15, 0.2) is 0 Å². The SMILES string of the molecule is O=C(O)C[Te](Br)(Br)CC(=O)O. The molecule has 0 unspecified atom stereocenters. The number of carboxylic acid groups (broad SMARTS) is 2. The Morgan fingerprint density at radius 2 is 1.36 bits per heavy atom. The predicted molar refractivity (Wildman–Crippen MR) is 48.5 cm³/mol. The zero-order valence-electron chi connectivity index (χ0n) is 5.29. The van der Waals surface area contributed by atoms with Gasteiger partial charge in [-0.05, 0) is 0 Å². The van der Waals surface area contributed by atoms with Crippen LogP contribution in [-0.4, -0.2) is 35.9 Å². The van der Waals surface area contributed by atoms with Gasteiger partial charge in [-0.25, -0.2) is 0 Å². The van der Waals surface area contributed by atoms with E-state index in [1.807, 2.05) is 0 Å². The summed E-state index contributed by atoms with van der Waals surface area (Å²) in [6.07, 6.45) is 0. The van der Waals surface area contributed by atoms with Crippen molar-refractivity contribution >= 4 is 51.2 Å². The molecule has 0 aromatic carbocycles. The van der Waals surface area contributed by atoms with Crippen molar-refractivity contribution in [1.29, 1.82) is 0 Å². The van der Waals surface area contributed by atoms with Crippen LogP contribution in [0.5, 0.6) is 0 Å². The first-order valence-electron chi connectivity index (χ1n) is 2.45. The minimum atomic E-state index is -2.91. The molecule has 11 heavy (non-hydrogen) atoms. The predicted octanol–water partition coefficient (Wildman–Crippen LogP) is 1.39. The van der Waals surface area contributed by atoms with Gasteiger partial charge >= 0.3 is 80.0 Å². The van der Waals surface area contributed by atoms with Crippen molar-refractivity contribution in [2.24, 2.45) is 0 Å². The molecule has 0 spiro atoms. The second-order valence-electron chi connectivity index (χ2n) is 1.78. The Morgan fingerprint density at radius 1 is 1.09 bits per heavy atom. The molecule has 7 heteroatoms. The molecule has 0 aliphatic carbocycles. The molecular weight excluding hydrogens is 399 g/mol. The molecule has 4 nitrogen and oxygen atoms in total. The summed E-state index contributed by atoms with van der Waals surface area (Å²) >= 11 is 3.35. The standard InChI is InChI=1S/C4H6Br2O4Te/c5-11(6,1-3(7)8)2-4(9)10/h1-2H2,(H,7,8)(H,9,10). The number of carboxylic acids is 2. The minimum absolute atomic E-state index is 0.0885. The van der Waals surface area contributed by atoms with Gasteiger partial charge in [-0.1, -0.05) is 0 Å². The van der Waals surface area contributed by atoms with Crippen molar-refractivity contribution in [2.75, 3.05) is 0 Å². The van der Waals surface area contributed by atoms with Gasteiger partial charge in [0.05, 0.1) is 0 Å². The van der Waals surface area contributed by atoms with E-state index in [-0.39, 0.29) is 8.94 Å². The van der Waals surface area contributed by atoms with Gasteiger partial charge in [0.25, 0.3) is 0 Å². The average Bonchev–Trinajstić information content (AvgIpc) is 1.53. The van der Waals surface area contributed by atoms with Gasteiger partial charge < -0.3 is 0 Å². The van der Waals surface area contributed by atoms with Crippen LogP contribution in [0.25, 0.3) is 0 Å². The number of hydrogen-bond donors (Lipinski definition) is 2. The molecule has 0 amide bonds. The number of aliphatic carboxylic acids is 2. The van der Waals surface area contributed by atoms with Crippen molar-refractivity contribution in [3.63, 3.8) is 0 Å². The molecule has 0 aromatic rings. The van der Waals surface area contributed by atoms with Crippen LogP contribution in [0.15, 0.2) is 0 Å². The molecule has 66 valence electrons. The molecule has 0 aliphatic heterocycles. The van der Waals surface area contributed by atoms with Crippen LogP contribution in [0, 0.1) is 0 Å². The van der Waals surface area contributed by atoms with Crippen LogP contribution in [0.2, 0.25) is 8.94 Å². The van der Waals surface area contributed by atoms with E-state index in [4.69, 9.17) is 10.2 Å². The third-order valence-electron chi connectivity index (χ3n) is 0.669. The van der Waals surface area contributed by atoms with Gasteiger partial charge in [0.1, 0.15) is 0 Å². The summed E-state index contributed by atoms with van der Waals surface area (Å²) in [6, 6.07) is 0. The van der Waals surface area contributed by atoms with E-state index >= 15 is 0 Å². The fourth-order valence-corrected chi connectivity index (χ4v) is 8.02. The van der Waals surface area contributed by atoms with E-state index in [1.54, 1.807) is 0 Å². The zero-order valence-corrected chi connectivity index (χ0v) is 10.8. The summed E-state index contributed by atoms with van der Waals surface area (Å²) < 4.78 is -0.177. The van der Waals surface area contributed by atoms with E-state index in [0.717, 1.165) is 0 Å². The second kappa shape index (κ2) is 4.65. The van der Waals surface area contributed by atoms with Gasteiger partial charge in [-0.2, -0.15) is 0 Å². The van der Waals surface area contributed by atoms with Gasteiger partial charge in [-0.3, -0.25) is 0 Å². The fraction of sp³-hybridized carbons (Fsp3) is 0.500. The molecule has 0 rings (SSSR count). The summed E-state index contributed by atoms with van der Waals surface area (Å²) in [5, 5.41) is 16.7. The van der Waals surface area contributed by atoms with Crippen LogP contribution in [0.3, 0.4) is 0 Å². The first-order valence-corrected chi connectivity index (χ1v) is 16.2. The van der Waals surface area contributed by atoms with Crippen LogP contribution in [0.1, 0.15) is 0 Å². The Balaban J connectivity index is 3.99. The molecule has 0 atom stereocenters. The third kappa shape index (κ3) is 7.06. The summed E-state index contributed by atoms with van der Waals surface area (Å²) in [6.45, 7) is 0. The summed E-state index contributed by atoms with van der Waals surface area (Å²) in [7, 11) is 0. The third-order valence-corrected chi connectivity index (χ3v) is 10.6.